The van der Waals surface area contributed by atoms with E-state index in [9.17, 15) is 52.7 Å². The number of hydrogen-bond acceptors (Lipinski definition) is 4. The van der Waals surface area contributed by atoms with E-state index in [0.717, 1.165) is 0 Å². The molecule has 0 fully saturated rings. The number of alkyl halides is 9. The van der Waals surface area contributed by atoms with E-state index < -0.39 is 45.3 Å². The largest absolute Gasteiger partial charge is 0.465 e. The van der Waals surface area contributed by atoms with Crippen LogP contribution in [-0.4, -0.2) is 50.3 Å². The van der Waals surface area contributed by atoms with Crippen molar-refractivity contribution < 1.29 is 57.5 Å². The maximum atomic E-state index is 13.3. The normalized spacial score (nSPS) is 16.0. The van der Waals surface area contributed by atoms with E-state index in [-0.39, 0.29) is 6.61 Å². The molecule has 1 unspecified atom stereocenters. The zero-order chi connectivity index (χ0) is 19.8. The van der Waals surface area contributed by atoms with Gasteiger partial charge in [0.1, 0.15) is 6.04 Å². The lowest BCUT2D eigenvalue weighted by Crippen LogP contribution is -2.65. The van der Waals surface area contributed by atoms with Crippen LogP contribution >= 0.6 is 0 Å². The molecule has 0 saturated heterocycles. The number of rotatable bonds is 7. The Kier molecular flexibility index (Phi) is 6.23. The monoisotopic (exact) mass is 399 g/mol. The fourth-order valence-electron chi connectivity index (χ4n) is 1.15. The number of halogens is 9. The predicted octanol–water partition coefficient (Wildman–Crippen LogP) is 2.28. The zero-order valence-corrected chi connectivity index (χ0v) is 12.5. The van der Waals surface area contributed by atoms with Crippen LogP contribution in [0.15, 0.2) is 0 Å². The molecule has 0 aromatic heterocycles. The van der Waals surface area contributed by atoms with E-state index in [4.69, 9.17) is 0 Å². The van der Waals surface area contributed by atoms with Gasteiger partial charge in [-0.2, -0.15) is 44.2 Å². The van der Waals surface area contributed by atoms with Crippen molar-refractivity contribution in [3.05, 3.63) is 0 Å². The van der Waals surface area contributed by atoms with Gasteiger partial charge in [0.15, 0.2) is 0 Å². The molecule has 1 atom stereocenters. The molecular formula is C9H10F9NO4S. The first kappa shape index (κ1) is 22.8. The molecule has 0 aliphatic heterocycles. The summed E-state index contributed by atoms with van der Waals surface area (Å²) in [4.78, 5) is 11.0. The Balaban J connectivity index is 5.83. The SMILES string of the molecule is CCOC(=O)C(C)NS(=O)(=O)C(F)(F)C(F)(F)C(F)(F)C(F)(F)F. The number of nitrogens with one attached hydrogen (secondary N) is 1. The fourth-order valence-corrected chi connectivity index (χ4v) is 2.33. The van der Waals surface area contributed by atoms with Gasteiger partial charge in [-0.3, -0.25) is 4.79 Å². The van der Waals surface area contributed by atoms with Crippen molar-refractivity contribution in [2.24, 2.45) is 0 Å². The Morgan fingerprint density at radius 3 is 1.75 bits per heavy atom. The fraction of sp³-hybridized carbons (Fsp3) is 0.889. The first-order valence-corrected chi connectivity index (χ1v) is 7.23. The molecule has 5 nitrogen and oxygen atoms in total. The van der Waals surface area contributed by atoms with Crippen LogP contribution in [0, 0.1) is 0 Å². The molecule has 0 heterocycles. The molecule has 1 N–H and O–H groups in total. The molecule has 24 heavy (non-hydrogen) atoms. The van der Waals surface area contributed by atoms with Crippen molar-refractivity contribution in [2.45, 2.75) is 43.2 Å². The standard InChI is InChI=1S/C9H10F9NO4S/c1-3-23-5(20)4(2)19-24(21,22)9(17,18)7(12,13)6(10,11)8(14,15)16/h4,19H,3H2,1-2H3. The highest BCUT2D eigenvalue weighted by molar-refractivity contribution is 7.90. The molecule has 0 amide bonds. The average Bonchev–Trinajstić information content (AvgIpc) is 2.36. The van der Waals surface area contributed by atoms with Crippen LogP contribution in [-0.2, 0) is 19.6 Å². The van der Waals surface area contributed by atoms with Gasteiger partial charge in [0.2, 0.25) is 0 Å². The van der Waals surface area contributed by atoms with Crippen LogP contribution in [0.1, 0.15) is 13.8 Å². The van der Waals surface area contributed by atoms with Crippen molar-refractivity contribution in [2.75, 3.05) is 6.61 Å². The van der Waals surface area contributed by atoms with Gasteiger partial charge in [-0.25, -0.2) is 8.42 Å². The van der Waals surface area contributed by atoms with Gasteiger partial charge >= 0.3 is 29.2 Å². The van der Waals surface area contributed by atoms with Gasteiger partial charge in [0, 0.05) is 0 Å². The summed E-state index contributed by atoms with van der Waals surface area (Å²) in [6.07, 6.45) is -7.16. The first-order valence-electron chi connectivity index (χ1n) is 5.75. The van der Waals surface area contributed by atoms with E-state index in [0.29, 0.717) is 11.6 Å². The van der Waals surface area contributed by atoms with Gasteiger partial charge in [0.25, 0.3) is 10.0 Å². The lowest BCUT2D eigenvalue weighted by Gasteiger charge is -2.33. The Morgan fingerprint density at radius 2 is 1.42 bits per heavy atom. The summed E-state index contributed by atoms with van der Waals surface area (Å²) >= 11 is 0. The highest BCUT2D eigenvalue weighted by Crippen LogP contribution is 2.54. The van der Waals surface area contributed by atoms with Crippen molar-refractivity contribution >= 4 is 16.0 Å². The van der Waals surface area contributed by atoms with Crippen LogP contribution in [0.25, 0.3) is 0 Å². The van der Waals surface area contributed by atoms with Crippen molar-refractivity contribution in [1.29, 1.82) is 0 Å². The molecular weight excluding hydrogens is 389 g/mol. The molecule has 0 radical (unpaired) electrons. The number of sulfonamides is 1. The summed E-state index contributed by atoms with van der Waals surface area (Å²) in [5, 5.41) is -6.90. The molecule has 0 spiro atoms. The molecule has 15 heteroatoms. The summed E-state index contributed by atoms with van der Waals surface area (Å²) in [7, 11) is -6.84. The van der Waals surface area contributed by atoms with Gasteiger partial charge in [-0.15, -0.1) is 0 Å². The molecule has 144 valence electrons. The quantitative estimate of drug-likeness (QED) is 0.527. The molecule has 0 rings (SSSR count). The summed E-state index contributed by atoms with van der Waals surface area (Å²) in [6, 6.07) is -2.25. The third-order valence-electron chi connectivity index (χ3n) is 2.43. The smallest absolute Gasteiger partial charge is 0.460 e. The highest BCUT2D eigenvalue weighted by Gasteiger charge is 2.85. The van der Waals surface area contributed by atoms with Crippen LogP contribution in [0.4, 0.5) is 39.5 Å². The third kappa shape index (κ3) is 3.70. The van der Waals surface area contributed by atoms with Gasteiger partial charge in [-0.05, 0) is 13.8 Å². The van der Waals surface area contributed by atoms with E-state index in [1.807, 2.05) is 0 Å². The van der Waals surface area contributed by atoms with Crippen LogP contribution < -0.4 is 4.72 Å². The van der Waals surface area contributed by atoms with Crippen molar-refractivity contribution in [3.63, 3.8) is 0 Å². The minimum Gasteiger partial charge on any atom is -0.465 e. The number of ether oxygens (including phenoxy) is 1. The van der Waals surface area contributed by atoms with E-state index in [1.165, 1.54) is 6.92 Å². The van der Waals surface area contributed by atoms with Gasteiger partial charge in [0.05, 0.1) is 6.61 Å². The minimum atomic E-state index is -7.37. The second-order valence-corrected chi connectivity index (χ2v) is 6.01. The van der Waals surface area contributed by atoms with E-state index in [2.05, 4.69) is 4.74 Å². The lowest BCUT2D eigenvalue weighted by molar-refractivity contribution is -0.382. The second-order valence-electron chi connectivity index (χ2n) is 4.26. The highest BCUT2D eigenvalue weighted by atomic mass is 32.2. The van der Waals surface area contributed by atoms with E-state index >= 15 is 0 Å². The maximum Gasteiger partial charge on any atom is 0.460 e. The number of carbonyl (C=O) groups is 1. The average molecular weight is 399 g/mol. The third-order valence-corrected chi connectivity index (χ3v) is 4.02. The molecule has 0 aliphatic carbocycles. The number of esters is 1. The Morgan fingerprint density at radius 1 is 1.00 bits per heavy atom. The number of carbonyl (C=O) groups excluding carboxylic acids is 1. The Bertz CT molecular complexity index is 572. The van der Waals surface area contributed by atoms with Crippen LogP contribution in [0.3, 0.4) is 0 Å². The summed E-state index contributed by atoms with van der Waals surface area (Å²) in [5.74, 6) is -16.3. The molecule has 0 aliphatic rings. The van der Waals surface area contributed by atoms with Crippen LogP contribution in [0.2, 0.25) is 0 Å². The summed E-state index contributed by atoms with van der Waals surface area (Å²) in [5.41, 5.74) is 0. The number of hydrogen-bond donors (Lipinski definition) is 1. The second kappa shape index (κ2) is 6.57. The predicted molar refractivity (Wildman–Crippen MR) is 59.0 cm³/mol. The Hall–Kier alpha value is -1.25. The summed E-state index contributed by atoms with van der Waals surface area (Å²) < 4.78 is 140. The lowest BCUT2D eigenvalue weighted by atomic mass is 10.1. The molecule has 0 aromatic rings. The first-order chi connectivity index (χ1) is 10.4. The van der Waals surface area contributed by atoms with Crippen LogP contribution in [0.5, 0.6) is 0 Å². The van der Waals surface area contributed by atoms with Gasteiger partial charge in [-0.1, -0.05) is 0 Å². The molecule has 0 bridgehead atoms. The van der Waals surface area contributed by atoms with Crippen molar-refractivity contribution in [3.8, 4) is 0 Å². The molecule has 0 saturated carbocycles. The zero-order valence-electron chi connectivity index (χ0n) is 11.7. The Labute approximate surface area is 129 Å². The molecule has 0 aromatic carbocycles. The van der Waals surface area contributed by atoms with Gasteiger partial charge < -0.3 is 4.74 Å². The summed E-state index contributed by atoms with van der Waals surface area (Å²) in [6.45, 7) is 1.33. The van der Waals surface area contributed by atoms with E-state index in [1.54, 1.807) is 0 Å². The topological polar surface area (TPSA) is 72.5 Å². The maximum absolute atomic E-state index is 13.3. The minimum absolute atomic E-state index is 0.385. The van der Waals surface area contributed by atoms with Crippen molar-refractivity contribution in [1.82, 2.24) is 4.72 Å².